The second kappa shape index (κ2) is 7.84. The highest BCUT2D eigenvalue weighted by atomic mass is 35.5. The first kappa shape index (κ1) is 19.0. The quantitative estimate of drug-likeness (QED) is 0.593. The van der Waals surface area contributed by atoms with Gasteiger partial charge in [-0.3, -0.25) is 14.9 Å². The molecule has 1 aliphatic rings. The third kappa shape index (κ3) is 4.14. The molecule has 0 saturated carbocycles. The van der Waals surface area contributed by atoms with Gasteiger partial charge in [-0.15, -0.1) is 0 Å². The second-order valence-electron chi connectivity index (χ2n) is 6.61. The molecule has 0 atom stereocenters. The molecule has 1 amide bonds. The van der Waals surface area contributed by atoms with Crippen LogP contribution in [0.5, 0.6) is 0 Å². The second-order valence-corrected chi connectivity index (χ2v) is 7.02. The lowest BCUT2D eigenvalue weighted by molar-refractivity contribution is -0.384. The standard InChI is InChI=1S/C19H21ClN4O3/c1-21(2)14-3-5-15(6-4-14)22-9-11-23(12-10-22)19(25)17-13-16(24(26)27)7-8-18(17)20/h3-8,13H,9-12H2,1-2H3. The van der Waals surface area contributed by atoms with Crippen LogP contribution in [-0.2, 0) is 0 Å². The molecule has 27 heavy (non-hydrogen) atoms. The number of anilines is 2. The van der Waals surface area contributed by atoms with Gasteiger partial charge in [-0.05, 0) is 30.3 Å². The lowest BCUT2D eigenvalue weighted by Crippen LogP contribution is -2.48. The van der Waals surface area contributed by atoms with E-state index in [9.17, 15) is 14.9 Å². The molecule has 0 radical (unpaired) electrons. The van der Waals surface area contributed by atoms with Gasteiger partial charge in [0.15, 0.2) is 0 Å². The Bertz CT molecular complexity index is 847. The largest absolute Gasteiger partial charge is 0.378 e. The highest BCUT2D eigenvalue weighted by Crippen LogP contribution is 2.25. The van der Waals surface area contributed by atoms with Crippen LogP contribution in [-0.4, -0.2) is 56.0 Å². The molecule has 8 heteroatoms. The maximum absolute atomic E-state index is 12.8. The molecule has 0 aromatic heterocycles. The summed E-state index contributed by atoms with van der Waals surface area (Å²) in [7, 11) is 4.00. The van der Waals surface area contributed by atoms with E-state index in [1.54, 1.807) is 4.90 Å². The van der Waals surface area contributed by atoms with Crippen molar-refractivity contribution in [2.75, 3.05) is 50.1 Å². The minimum absolute atomic E-state index is 0.137. The van der Waals surface area contributed by atoms with Gasteiger partial charge in [-0.1, -0.05) is 11.6 Å². The topological polar surface area (TPSA) is 69.9 Å². The first-order valence-corrected chi connectivity index (χ1v) is 9.00. The molecule has 1 heterocycles. The summed E-state index contributed by atoms with van der Waals surface area (Å²) in [5.41, 5.74) is 2.28. The number of hydrogen-bond donors (Lipinski definition) is 0. The Morgan fingerprint density at radius 2 is 1.70 bits per heavy atom. The zero-order chi connectivity index (χ0) is 19.6. The van der Waals surface area contributed by atoms with E-state index < -0.39 is 4.92 Å². The average molecular weight is 389 g/mol. The molecule has 2 aromatic rings. The zero-order valence-electron chi connectivity index (χ0n) is 15.3. The predicted molar refractivity (Wildman–Crippen MR) is 107 cm³/mol. The molecular formula is C19H21ClN4O3. The number of piperazine rings is 1. The summed E-state index contributed by atoms with van der Waals surface area (Å²) in [4.78, 5) is 29.1. The summed E-state index contributed by atoms with van der Waals surface area (Å²) in [5.74, 6) is -0.272. The average Bonchev–Trinajstić information content (AvgIpc) is 2.68. The monoisotopic (exact) mass is 388 g/mol. The minimum atomic E-state index is -0.525. The number of carbonyl (C=O) groups excluding carboxylic acids is 1. The van der Waals surface area contributed by atoms with E-state index in [-0.39, 0.29) is 22.2 Å². The SMILES string of the molecule is CN(C)c1ccc(N2CCN(C(=O)c3cc([N+](=O)[O-])ccc3Cl)CC2)cc1. The number of nitrogens with zero attached hydrogens (tertiary/aromatic N) is 4. The van der Waals surface area contributed by atoms with Crippen LogP contribution in [0.2, 0.25) is 5.02 Å². The van der Waals surface area contributed by atoms with Crippen molar-refractivity contribution in [1.82, 2.24) is 4.90 Å². The van der Waals surface area contributed by atoms with Gasteiger partial charge >= 0.3 is 0 Å². The third-order valence-corrected chi connectivity index (χ3v) is 5.02. The van der Waals surface area contributed by atoms with Crippen LogP contribution in [0.15, 0.2) is 42.5 Å². The van der Waals surface area contributed by atoms with Gasteiger partial charge in [0.25, 0.3) is 11.6 Å². The van der Waals surface area contributed by atoms with Crippen LogP contribution < -0.4 is 9.80 Å². The van der Waals surface area contributed by atoms with E-state index in [2.05, 4.69) is 29.2 Å². The Hall–Kier alpha value is -2.80. The van der Waals surface area contributed by atoms with E-state index in [4.69, 9.17) is 11.6 Å². The first-order chi connectivity index (χ1) is 12.9. The van der Waals surface area contributed by atoms with Crippen LogP contribution >= 0.6 is 11.6 Å². The molecule has 0 unspecified atom stereocenters. The summed E-state index contributed by atoms with van der Waals surface area (Å²) in [6.07, 6.45) is 0. The van der Waals surface area contributed by atoms with Crippen LogP contribution in [0.4, 0.5) is 17.1 Å². The van der Waals surface area contributed by atoms with Gasteiger partial charge < -0.3 is 14.7 Å². The molecule has 1 saturated heterocycles. The Morgan fingerprint density at radius 3 is 2.26 bits per heavy atom. The van der Waals surface area contributed by atoms with Crippen molar-refractivity contribution in [3.05, 3.63) is 63.2 Å². The molecule has 7 nitrogen and oxygen atoms in total. The Kier molecular flexibility index (Phi) is 5.51. The highest BCUT2D eigenvalue weighted by molar-refractivity contribution is 6.33. The van der Waals surface area contributed by atoms with E-state index >= 15 is 0 Å². The van der Waals surface area contributed by atoms with Gasteiger partial charge in [-0.2, -0.15) is 0 Å². The molecule has 0 spiro atoms. The van der Waals surface area contributed by atoms with Crippen molar-refractivity contribution in [2.45, 2.75) is 0 Å². The Labute approximate surface area is 162 Å². The first-order valence-electron chi connectivity index (χ1n) is 8.62. The Morgan fingerprint density at radius 1 is 1.07 bits per heavy atom. The lowest BCUT2D eigenvalue weighted by atomic mass is 10.1. The van der Waals surface area contributed by atoms with Crippen molar-refractivity contribution < 1.29 is 9.72 Å². The number of non-ortho nitro benzene ring substituents is 1. The number of amides is 1. The van der Waals surface area contributed by atoms with Crippen LogP contribution in [0.25, 0.3) is 0 Å². The predicted octanol–water partition coefficient (Wildman–Crippen LogP) is 3.28. The molecule has 3 rings (SSSR count). The molecule has 1 fully saturated rings. The van der Waals surface area contributed by atoms with Crippen LogP contribution in [0, 0.1) is 10.1 Å². The summed E-state index contributed by atoms with van der Waals surface area (Å²) in [5, 5.41) is 11.2. The number of benzene rings is 2. The maximum atomic E-state index is 12.8. The lowest BCUT2D eigenvalue weighted by Gasteiger charge is -2.36. The molecule has 0 bridgehead atoms. The number of carbonyl (C=O) groups is 1. The van der Waals surface area contributed by atoms with Gasteiger partial charge in [0.1, 0.15) is 0 Å². The smallest absolute Gasteiger partial charge is 0.270 e. The number of hydrogen-bond acceptors (Lipinski definition) is 5. The van der Waals surface area contributed by atoms with Crippen LogP contribution in [0.1, 0.15) is 10.4 Å². The maximum Gasteiger partial charge on any atom is 0.270 e. The van der Waals surface area contributed by atoms with Gasteiger partial charge in [0, 0.05) is 63.8 Å². The summed E-state index contributed by atoms with van der Waals surface area (Å²) in [6, 6.07) is 12.2. The highest BCUT2D eigenvalue weighted by Gasteiger charge is 2.25. The summed E-state index contributed by atoms with van der Waals surface area (Å²) in [6.45, 7) is 2.46. The third-order valence-electron chi connectivity index (χ3n) is 4.69. The fraction of sp³-hybridized carbons (Fsp3) is 0.316. The number of rotatable bonds is 4. The van der Waals surface area contributed by atoms with Crippen molar-refractivity contribution in [1.29, 1.82) is 0 Å². The fourth-order valence-corrected chi connectivity index (χ4v) is 3.29. The van der Waals surface area contributed by atoms with E-state index in [1.165, 1.54) is 18.2 Å². The molecule has 142 valence electrons. The van der Waals surface area contributed by atoms with Crippen molar-refractivity contribution in [3.63, 3.8) is 0 Å². The van der Waals surface area contributed by atoms with Crippen molar-refractivity contribution >= 4 is 34.6 Å². The van der Waals surface area contributed by atoms with Crippen LogP contribution in [0.3, 0.4) is 0 Å². The minimum Gasteiger partial charge on any atom is -0.378 e. The fourth-order valence-electron chi connectivity index (χ4n) is 3.09. The van der Waals surface area contributed by atoms with Crippen molar-refractivity contribution in [2.24, 2.45) is 0 Å². The Balaban J connectivity index is 1.67. The zero-order valence-corrected chi connectivity index (χ0v) is 16.0. The van der Waals surface area contributed by atoms with Gasteiger partial charge in [-0.25, -0.2) is 0 Å². The molecular weight excluding hydrogens is 368 g/mol. The molecule has 0 N–H and O–H groups in total. The van der Waals surface area contributed by atoms with Crippen molar-refractivity contribution in [3.8, 4) is 0 Å². The van der Waals surface area contributed by atoms with E-state index in [1.807, 2.05) is 19.0 Å². The summed E-state index contributed by atoms with van der Waals surface area (Å²) >= 11 is 6.10. The molecule has 0 aliphatic carbocycles. The molecule has 2 aromatic carbocycles. The summed E-state index contributed by atoms with van der Waals surface area (Å²) < 4.78 is 0. The molecule has 1 aliphatic heterocycles. The number of nitro groups is 1. The normalized spacial score (nSPS) is 14.2. The number of halogens is 1. The van der Waals surface area contributed by atoms with Gasteiger partial charge in [0.05, 0.1) is 15.5 Å². The van der Waals surface area contributed by atoms with E-state index in [0.29, 0.717) is 26.2 Å². The number of nitro benzene ring substituents is 1. The van der Waals surface area contributed by atoms with E-state index in [0.717, 1.165) is 11.4 Å². The van der Waals surface area contributed by atoms with Gasteiger partial charge in [0.2, 0.25) is 0 Å².